The van der Waals surface area contributed by atoms with E-state index in [1.165, 1.54) is 12.0 Å². The SMILES string of the molecule is COc1cc2c3cc(c(OC)cc3n1)C=CC[C@@H](C)COC(=O)N[C@H]1CCCCCC=C[C@@H]3C[C@@]3(C(=O)NS(=O)(=O)C3CC3)NC(=O)[C@@H]3C[C@H](CN3C1=O)O2. The number of alkyl carbamates (subject to hydrolysis) is 1. The van der Waals surface area contributed by atoms with Gasteiger partial charge in [-0.25, -0.2) is 18.2 Å². The molecule has 16 heteroatoms. The summed E-state index contributed by atoms with van der Waals surface area (Å²) in [6.07, 6.45) is 11.2. The first-order valence-electron chi connectivity index (χ1n) is 19.1. The maximum absolute atomic E-state index is 14.5. The number of hydrogen-bond acceptors (Lipinski definition) is 11. The van der Waals surface area contributed by atoms with Crippen molar-refractivity contribution in [1.82, 2.24) is 25.2 Å². The first kappa shape index (κ1) is 38.4. The summed E-state index contributed by atoms with van der Waals surface area (Å²) in [6, 6.07) is 3.22. The molecule has 1 aromatic carbocycles. The number of ether oxygens (including phenoxy) is 4. The fraction of sp³-hybridized carbons (Fsp3) is 0.564. The lowest BCUT2D eigenvalue weighted by molar-refractivity contribution is -0.141. The lowest BCUT2D eigenvalue weighted by atomic mass is 10.0. The second-order valence-electron chi connectivity index (χ2n) is 15.3. The topological polar surface area (TPSA) is 192 Å². The average Bonchev–Trinajstić information content (AvgIpc) is 4.09. The van der Waals surface area contributed by atoms with Crippen molar-refractivity contribution in [2.75, 3.05) is 27.4 Å². The van der Waals surface area contributed by atoms with Crippen molar-refractivity contribution in [1.29, 1.82) is 0 Å². The van der Waals surface area contributed by atoms with Gasteiger partial charge < -0.3 is 34.5 Å². The normalized spacial score (nSPS) is 29.0. The smallest absolute Gasteiger partial charge is 0.407 e. The third kappa shape index (κ3) is 8.38. The number of carbonyl (C=O) groups excluding carboxylic acids is 4. The Balaban J connectivity index is 1.27. The molecule has 296 valence electrons. The number of cyclic esters (lactones) is 1. The van der Waals surface area contributed by atoms with Crippen molar-refractivity contribution in [2.24, 2.45) is 11.8 Å². The fourth-order valence-electron chi connectivity index (χ4n) is 7.65. The predicted octanol–water partition coefficient (Wildman–Crippen LogP) is 3.75. The number of rotatable bonds is 5. The Hall–Kier alpha value is -4.86. The van der Waals surface area contributed by atoms with Gasteiger partial charge in [0.05, 0.1) is 38.1 Å². The molecule has 0 unspecified atom stereocenters. The molecule has 0 spiro atoms. The lowest BCUT2D eigenvalue weighted by Crippen LogP contribution is -2.58. The Bertz CT molecular complexity index is 2020. The molecule has 3 fully saturated rings. The van der Waals surface area contributed by atoms with Crippen molar-refractivity contribution in [3.8, 4) is 17.4 Å². The second kappa shape index (κ2) is 15.7. The third-order valence-corrected chi connectivity index (χ3v) is 12.9. The number of allylic oxidation sites excluding steroid dienone is 2. The molecule has 4 heterocycles. The zero-order valence-electron chi connectivity index (χ0n) is 31.4. The molecular weight excluding hydrogens is 731 g/mol. The second-order valence-corrected chi connectivity index (χ2v) is 17.3. The highest BCUT2D eigenvalue weighted by Gasteiger charge is 2.62. The number of methoxy groups -OCH3 is 2. The summed E-state index contributed by atoms with van der Waals surface area (Å²) in [6.45, 7) is 2.04. The molecule has 2 saturated carbocycles. The minimum atomic E-state index is -3.90. The zero-order valence-corrected chi connectivity index (χ0v) is 32.2. The molecular formula is C39H49N5O10S. The van der Waals surface area contributed by atoms with Crippen LogP contribution >= 0.6 is 0 Å². The Kier molecular flexibility index (Phi) is 11.0. The molecule has 2 aliphatic carbocycles. The molecule has 55 heavy (non-hydrogen) atoms. The summed E-state index contributed by atoms with van der Waals surface area (Å²) in [5.41, 5.74) is -0.202. The van der Waals surface area contributed by atoms with E-state index in [-0.39, 0.29) is 37.8 Å². The van der Waals surface area contributed by atoms with Gasteiger partial charge in [-0.3, -0.25) is 19.1 Å². The molecule has 7 rings (SSSR count). The van der Waals surface area contributed by atoms with Gasteiger partial charge in [-0.05, 0) is 56.9 Å². The maximum atomic E-state index is 14.5. The number of hydrogen-bond donors (Lipinski definition) is 3. The van der Waals surface area contributed by atoms with Gasteiger partial charge in [0.25, 0.3) is 5.91 Å². The van der Waals surface area contributed by atoms with Crippen LogP contribution in [0.5, 0.6) is 17.4 Å². The van der Waals surface area contributed by atoms with Crippen LogP contribution < -0.4 is 29.6 Å². The van der Waals surface area contributed by atoms with Gasteiger partial charge in [0, 0.05) is 35.4 Å². The lowest BCUT2D eigenvalue weighted by Gasteiger charge is -2.29. The molecule has 5 bridgehead atoms. The highest BCUT2D eigenvalue weighted by Crippen LogP contribution is 2.46. The van der Waals surface area contributed by atoms with Crippen molar-refractivity contribution < 1.29 is 46.5 Å². The summed E-state index contributed by atoms with van der Waals surface area (Å²) in [5, 5.41) is 5.69. The molecule has 4 amide bonds. The number of amides is 4. The van der Waals surface area contributed by atoms with Gasteiger partial charge in [0.2, 0.25) is 27.7 Å². The van der Waals surface area contributed by atoms with E-state index in [2.05, 4.69) is 20.3 Å². The zero-order chi connectivity index (χ0) is 38.9. The monoisotopic (exact) mass is 779 g/mol. The standard InChI is InChI=1S/C39H49N5O10S/c1-23-10-9-11-24-16-28-30(18-32(24)51-2)40-34(52-3)19-33(28)54-26-17-31-35(45)42-39(37(47)43-55(49,50)27-14-15-27)20-25(39)12-7-5-4-6-8-13-29(36(46)44(31)21-26)41-38(48)53-22-23/h7,9,11-12,16,18-19,23,25-27,29,31H,4-6,8,10,13-15,17,20-22H2,1-3H3,(H,41,48)(H,42,45)(H,43,47)/t23-,25-,26-,29+,31+,39-/m1/s1. The van der Waals surface area contributed by atoms with E-state index < -0.39 is 68.7 Å². The van der Waals surface area contributed by atoms with E-state index in [1.54, 1.807) is 19.2 Å². The molecule has 3 N–H and O–H groups in total. The molecule has 1 aromatic heterocycles. The minimum absolute atomic E-state index is 0.0190. The van der Waals surface area contributed by atoms with Crippen molar-refractivity contribution in [3.63, 3.8) is 0 Å². The highest BCUT2D eigenvalue weighted by molar-refractivity contribution is 7.91. The van der Waals surface area contributed by atoms with Crippen LogP contribution in [0.1, 0.15) is 76.7 Å². The van der Waals surface area contributed by atoms with E-state index in [4.69, 9.17) is 18.9 Å². The summed E-state index contributed by atoms with van der Waals surface area (Å²) in [4.78, 5) is 61.9. The number of pyridine rings is 1. The van der Waals surface area contributed by atoms with Crippen molar-refractivity contribution >= 4 is 50.8 Å². The van der Waals surface area contributed by atoms with Gasteiger partial charge in [-0.1, -0.05) is 44.1 Å². The van der Waals surface area contributed by atoms with Crippen LogP contribution in [0.2, 0.25) is 0 Å². The molecule has 3 aliphatic heterocycles. The molecule has 0 radical (unpaired) electrons. The Morgan fingerprint density at radius 3 is 2.64 bits per heavy atom. The molecule has 6 atom stereocenters. The van der Waals surface area contributed by atoms with E-state index in [0.29, 0.717) is 60.9 Å². The van der Waals surface area contributed by atoms with Gasteiger partial charge in [-0.2, -0.15) is 0 Å². The van der Waals surface area contributed by atoms with Crippen molar-refractivity contribution in [3.05, 3.63) is 42.0 Å². The van der Waals surface area contributed by atoms with Crippen LogP contribution in [0.4, 0.5) is 4.79 Å². The van der Waals surface area contributed by atoms with E-state index in [1.807, 2.05) is 37.3 Å². The summed E-state index contributed by atoms with van der Waals surface area (Å²) in [5.74, 6) is -1.10. The largest absolute Gasteiger partial charge is 0.496 e. The minimum Gasteiger partial charge on any atom is -0.496 e. The Labute approximate surface area is 320 Å². The number of nitrogens with zero attached hydrogens (tertiary/aromatic N) is 2. The van der Waals surface area contributed by atoms with Crippen LogP contribution in [-0.2, 0) is 29.1 Å². The first-order chi connectivity index (χ1) is 26.4. The van der Waals surface area contributed by atoms with Crippen LogP contribution in [0, 0.1) is 11.8 Å². The van der Waals surface area contributed by atoms with Gasteiger partial charge in [0.15, 0.2) is 0 Å². The average molecular weight is 780 g/mol. The first-order valence-corrected chi connectivity index (χ1v) is 20.6. The van der Waals surface area contributed by atoms with Crippen LogP contribution in [0.15, 0.2) is 36.4 Å². The summed E-state index contributed by atoms with van der Waals surface area (Å²) >= 11 is 0. The highest BCUT2D eigenvalue weighted by atomic mass is 32.2. The summed E-state index contributed by atoms with van der Waals surface area (Å²) in [7, 11) is -0.837. The van der Waals surface area contributed by atoms with E-state index in [0.717, 1.165) is 18.4 Å². The van der Waals surface area contributed by atoms with E-state index in [9.17, 15) is 27.6 Å². The summed E-state index contributed by atoms with van der Waals surface area (Å²) < 4.78 is 51.4. The number of fused-ring (bicyclic) bond motifs is 4. The van der Waals surface area contributed by atoms with Crippen molar-refractivity contribution in [2.45, 2.75) is 100 Å². The number of aromatic nitrogens is 1. The molecule has 1 saturated heterocycles. The Morgan fingerprint density at radius 1 is 1.05 bits per heavy atom. The molecule has 5 aliphatic rings. The van der Waals surface area contributed by atoms with Gasteiger partial charge >= 0.3 is 6.09 Å². The fourth-order valence-corrected chi connectivity index (χ4v) is 9.01. The maximum Gasteiger partial charge on any atom is 0.407 e. The van der Waals surface area contributed by atoms with Gasteiger partial charge in [-0.15, -0.1) is 0 Å². The number of carbonyl (C=O) groups is 4. The number of sulfonamides is 1. The number of nitrogens with one attached hydrogen (secondary N) is 3. The van der Waals surface area contributed by atoms with E-state index >= 15 is 0 Å². The third-order valence-electron chi connectivity index (χ3n) is 11.1. The quantitative estimate of drug-likeness (QED) is 0.375. The molecule has 15 nitrogen and oxygen atoms in total. The van der Waals surface area contributed by atoms with Crippen LogP contribution in [0.25, 0.3) is 17.0 Å². The molecule has 2 aromatic rings. The van der Waals surface area contributed by atoms with Crippen LogP contribution in [-0.4, -0.2) is 98.5 Å². The number of benzene rings is 1. The predicted molar refractivity (Wildman–Crippen MR) is 202 cm³/mol. The van der Waals surface area contributed by atoms with Gasteiger partial charge in [0.1, 0.15) is 35.2 Å². The van der Waals surface area contributed by atoms with Crippen LogP contribution in [0.3, 0.4) is 0 Å². The Morgan fingerprint density at radius 2 is 1.87 bits per heavy atom.